The van der Waals surface area contributed by atoms with Crippen molar-refractivity contribution < 1.29 is 19.1 Å². The maximum absolute atomic E-state index is 12.5. The Labute approximate surface area is 128 Å². The number of esters is 1. The summed E-state index contributed by atoms with van der Waals surface area (Å²) < 4.78 is 4.72. The minimum Gasteiger partial charge on any atom is -0.466 e. The number of benzene rings is 1. The van der Waals surface area contributed by atoms with Gasteiger partial charge in [-0.25, -0.2) is 4.79 Å². The van der Waals surface area contributed by atoms with Gasteiger partial charge in [-0.1, -0.05) is 18.2 Å². The maximum Gasteiger partial charge on any atom is 0.336 e. The van der Waals surface area contributed by atoms with E-state index in [-0.39, 0.29) is 17.9 Å². The highest BCUT2D eigenvalue weighted by Crippen LogP contribution is 2.26. The van der Waals surface area contributed by atoms with Gasteiger partial charge in [-0.2, -0.15) is 0 Å². The molecule has 2 amide bonds. The number of methoxy groups -OCH3 is 1. The molecule has 116 valence electrons. The van der Waals surface area contributed by atoms with E-state index in [1.54, 1.807) is 19.1 Å². The zero-order chi connectivity index (χ0) is 16.3. The van der Waals surface area contributed by atoms with Gasteiger partial charge in [-0.3, -0.25) is 9.59 Å². The predicted molar refractivity (Wildman–Crippen MR) is 80.8 cm³/mol. The van der Waals surface area contributed by atoms with Gasteiger partial charge >= 0.3 is 5.97 Å². The fourth-order valence-corrected chi connectivity index (χ4v) is 2.44. The standard InChI is InChI=1S/C16H18N2O4/c1-9-6-4-5-7-12(9)18-15(20)11-8-13(19)17-10(2)14(11)16(21)22-3/h4-7,11H,8H2,1-3H3,(H,17,19)(H,18,20)/t11-/m0/s1. The highest BCUT2D eigenvalue weighted by Gasteiger charge is 2.36. The first-order valence-electron chi connectivity index (χ1n) is 6.89. The van der Waals surface area contributed by atoms with Crippen molar-refractivity contribution in [3.63, 3.8) is 0 Å². The lowest BCUT2D eigenvalue weighted by Crippen LogP contribution is -2.40. The minimum absolute atomic E-state index is 0.0838. The summed E-state index contributed by atoms with van der Waals surface area (Å²) in [7, 11) is 1.25. The van der Waals surface area contributed by atoms with Crippen molar-refractivity contribution in [1.82, 2.24) is 5.32 Å². The molecule has 0 saturated heterocycles. The Hall–Kier alpha value is -2.63. The molecule has 6 nitrogen and oxygen atoms in total. The highest BCUT2D eigenvalue weighted by molar-refractivity contribution is 6.06. The molecule has 0 spiro atoms. The molecule has 2 N–H and O–H groups in total. The minimum atomic E-state index is -0.860. The van der Waals surface area contributed by atoms with Crippen molar-refractivity contribution in [3.05, 3.63) is 41.1 Å². The summed E-state index contributed by atoms with van der Waals surface area (Å²) in [5.74, 6) is -2.16. The molecule has 1 aliphatic heterocycles. The molecule has 2 rings (SSSR count). The van der Waals surface area contributed by atoms with Crippen LogP contribution < -0.4 is 10.6 Å². The van der Waals surface area contributed by atoms with Crippen molar-refractivity contribution in [1.29, 1.82) is 0 Å². The predicted octanol–water partition coefficient (Wildman–Crippen LogP) is 1.52. The number of hydrogen-bond acceptors (Lipinski definition) is 4. The fourth-order valence-electron chi connectivity index (χ4n) is 2.44. The molecule has 1 aromatic carbocycles. The number of allylic oxidation sites excluding steroid dienone is 1. The molecule has 6 heteroatoms. The third-order valence-corrected chi connectivity index (χ3v) is 3.59. The SMILES string of the molecule is COC(=O)C1=C(C)NC(=O)C[C@@H]1C(=O)Nc1ccccc1C. The van der Waals surface area contributed by atoms with Gasteiger partial charge < -0.3 is 15.4 Å². The summed E-state index contributed by atoms with van der Waals surface area (Å²) in [6.07, 6.45) is -0.0838. The van der Waals surface area contributed by atoms with E-state index < -0.39 is 17.8 Å². The van der Waals surface area contributed by atoms with Crippen molar-refractivity contribution in [2.75, 3.05) is 12.4 Å². The van der Waals surface area contributed by atoms with Crippen molar-refractivity contribution in [2.45, 2.75) is 20.3 Å². The second kappa shape index (κ2) is 6.43. The molecule has 0 radical (unpaired) electrons. The molecule has 1 heterocycles. The van der Waals surface area contributed by atoms with Crippen LogP contribution >= 0.6 is 0 Å². The maximum atomic E-state index is 12.5. The molecule has 0 aliphatic carbocycles. The first kappa shape index (κ1) is 15.8. The van der Waals surface area contributed by atoms with Crippen LogP contribution in [0.5, 0.6) is 0 Å². The fraction of sp³-hybridized carbons (Fsp3) is 0.312. The van der Waals surface area contributed by atoms with Gasteiger partial charge in [0.25, 0.3) is 0 Å². The molecular weight excluding hydrogens is 284 g/mol. The van der Waals surface area contributed by atoms with Crippen molar-refractivity contribution >= 4 is 23.5 Å². The largest absolute Gasteiger partial charge is 0.466 e. The van der Waals surface area contributed by atoms with E-state index in [2.05, 4.69) is 10.6 Å². The lowest BCUT2D eigenvalue weighted by atomic mass is 9.89. The number of amides is 2. The number of carbonyl (C=O) groups is 3. The molecule has 1 aliphatic rings. The number of aryl methyl sites for hydroxylation is 1. The quantitative estimate of drug-likeness (QED) is 0.829. The zero-order valence-electron chi connectivity index (χ0n) is 12.7. The molecular formula is C16H18N2O4. The van der Waals surface area contributed by atoms with Gasteiger partial charge in [0, 0.05) is 17.8 Å². The van der Waals surface area contributed by atoms with Crippen molar-refractivity contribution in [3.8, 4) is 0 Å². The number of rotatable bonds is 3. The van der Waals surface area contributed by atoms with Crippen LogP contribution in [0.2, 0.25) is 0 Å². The average molecular weight is 302 g/mol. The molecule has 22 heavy (non-hydrogen) atoms. The normalized spacial score (nSPS) is 17.8. The second-order valence-corrected chi connectivity index (χ2v) is 5.14. The van der Waals surface area contributed by atoms with E-state index >= 15 is 0 Å². The van der Waals surface area contributed by atoms with E-state index in [1.165, 1.54) is 7.11 Å². The van der Waals surface area contributed by atoms with Gasteiger partial charge in [-0.05, 0) is 25.5 Å². The number of para-hydroxylation sites is 1. The van der Waals surface area contributed by atoms with Crippen LogP contribution in [0.1, 0.15) is 18.9 Å². The number of ether oxygens (including phenoxy) is 1. The summed E-state index contributed by atoms with van der Waals surface area (Å²) in [5.41, 5.74) is 2.10. The van der Waals surface area contributed by atoms with Crippen LogP contribution in [0.3, 0.4) is 0 Å². The van der Waals surface area contributed by atoms with E-state index in [0.717, 1.165) is 5.56 Å². The summed E-state index contributed by atoms with van der Waals surface area (Å²) in [6.45, 7) is 3.45. The third-order valence-electron chi connectivity index (χ3n) is 3.59. The highest BCUT2D eigenvalue weighted by atomic mass is 16.5. The molecule has 0 aromatic heterocycles. The number of carbonyl (C=O) groups excluding carboxylic acids is 3. The zero-order valence-corrected chi connectivity index (χ0v) is 12.7. The summed E-state index contributed by atoms with van der Waals surface area (Å²) in [6, 6.07) is 7.30. The van der Waals surface area contributed by atoms with Gasteiger partial charge in [0.05, 0.1) is 18.6 Å². The monoisotopic (exact) mass is 302 g/mol. The van der Waals surface area contributed by atoms with E-state index in [0.29, 0.717) is 11.4 Å². The summed E-state index contributed by atoms with van der Waals surface area (Å²) >= 11 is 0. The van der Waals surface area contributed by atoms with Gasteiger partial charge in [0.1, 0.15) is 0 Å². The summed E-state index contributed by atoms with van der Waals surface area (Å²) in [5, 5.41) is 5.33. The number of nitrogens with one attached hydrogen (secondary N) is 2. The molecule has 0 unspecified atom stereocenters. The molecule has 0 fully saturated rings. The van der Waals surface area contributed by atoms with Crippen LogP contribution in [-0.4, -0.2) is 24.9 Å². The van der Waals surface area contributed by atoms with Crippen LogP contribution in [-0.2, 0) is 19.1 Å². The average Bonchev–Trinajstić information content (AvgIpc) is 2.48. The van der Waals surface area contributed by atoms with Gasteiger partial charge in [-0.15, -0.1) is 0 Å². The Morgan fingerprint density at radius 2 is 1.95 bits per heavy atom. The van der Waals surface area contributed by atoms with Crippen LogP contribution in [0.4, 0.5) is 5.69 Å². The van der Waals surface area contributed by atoms with Crippen LogP contribution in [0, 0.1) is 12.8 Å². The Morgan fingerprint density at radius 3 is 2.59 bits per heavy atom. The molecule has 0 bridgehead atoms. The third kappa shape index (κ3) is 3.16. The molecule has 1 atom stereocenters. The Kier molecular flexibility index (Phi) is 4.60. The second-order valence-electron chi connectivity index (χ2n) is 5.14. The van der Waals surface area contributed by atoms with E-state index in [1.807, 2.05) is 19.1 Å². The number of hydrogen-bond donors (Lipinski definition) is 2. The van der Waals surface area contributed by atoms with Crippen LogP contribution in [0.15, 0.2) is 35.5 Å². The van der Waals surface area contributed by atoms with Gasteiger partial charge in [0.2, 0.25) is 11.8 Å². The lowest BCUT2D eigenvalue weighted by molar-refractivity contribution is -0.139. The van der Waals surface area contributed by atoms with E-state index in [9.17, 15) is 14.4 Å². The Morgan fingerprint density at radius 1 is 1.27 bits per heavy atom. The smallest absolute Gasteiger partial charge is 0.336 e. The first-order chi connectivity index (χ1) is 10.4. The van der Waals surface area contributed by atoms with E-state index in [4.69, 9.17) is 4.74 Å². The summed E-state index contributed by atoms with van der Waals surface area (Å²) in [4.78, 5) is 36.1. The van der Waals surface area contributed by atoms with Crippen LogP contribution in [0.25, 0.3) is 0 Å². The Balaban J connectivity index is 2.30. The number of anilines is 1. The lowest BCUT2D eigenvalue weighted by Gasteiger charge is -2.25. The Bertz CT molecular complexity index is 664. The topological polar surface area (TPSA) is 84.5 Å². The van der Waals surface area contributed by atoms with Crippen molar-refractivity contribution in [2.24, 2.45) is 5.92 Å². The molecule has 0 saturated carbocycles. The first-order valence-corrected chi connectivity index (χ1v) is 6.89. The molecule has 1 aromatic rings. The van der Waals surface area contributed by atoms with Gasteiger partial charge in [0.15, 0.2) is 0 Å².